The van der Waals surface area contributed by atoms with Crippen LogP contribution in [0.15, 0.2) is 42.5 Å². The van der Waals surface area contributed by atoms with Gasteiger partial charge in [0.2, 0.25) is 0 Å². The minimum Gasteiger partial charge on any atom is -0.362 e. The first-order valence-electron chi connectivity index (χ1n) is 9.39. The van der Waals surface area contributed by atoms with Crippen LogP contribution in [0.1, 0.15) is 40.5 Å². The summed E-state index contributed by atoms with van der Waals surface area (Å²) in [4.78, 5) is 29.6. The van der Waals surface area contributed by atoms with Crippen molar-refractivity contribution in [2.75, 3.05) is 25.0 Å². The maximum absolute atomic E-state index is 13.1. The zero-order valence-electron chi connectivity index (χ0n) is 15.5. The first kappa shape index (κ1) is 19.1. The van der Waals surface area contributed by atoms with Crippen LogP contribution in [0.5, 0.6) is 0 Å². The lowest BCUT2D eigenvalue weighted by atomic mass is 9.89. The van der Waals surface area contributed by atoms with Gasteiger partial charge < -0.3 is 15.1 Å². The molecule has 7 heteroatoms. The van der Waals surface area contributed by atoms with Crippen molar-refractivity contribution in [3.63, 3.8) is 0 Å². The van der Waals surface area contributed by atoms with Gasteiger partial charge in [-0.3, -0.25) is 9.59 Å². The highest BCUT2D eigenvalue weighted by Gasteiger charge is 2.46. The van der Waals surface area contributed by atoms with Crippen LogP contribution in [0.4, 0.5) is 5.69 Å². The van der Waals surface area contributed by atoms with Gasteiger partial charge in [0.1, 0.15) is 5.66 Å². The fourth-order valence-corrected chi connectivity index (χ4v) is 4.58. The number of nitrogens with zero attached hydrogens (tertiary/aromatic N) is 2. The Balaban J connectivity index is 1.58. The van der Waals surface area contributed by atoms with E-state index in [-0.39, 0.29) is 11.8 Å². The lowest BCUT2D eigenvalue weighted by Gasteiger charge is -2.52. The average molecular weight is 418 g/mol. The summed E-state index contributed by atoms with van der Waals surface area (Å²) in [6.45, 7) is 3.64. The molecule has 0 unspecified atom stereocenters. The van der Waals surface area contributed by atoms with Crippen LogP contribution in [0.25, 0.3) is 0 Å². The smallest absolute Gasteiger partial charge is 0.257 e. The molecule has 4 rings (SSSR count). The number of halogens is 2. The third-order valence-electron chi connectivity index (χ3n) is 5.64. The molecule has 2 aliphatic heterocycles. The summed E-state index contributed by atoms with van der Waals surface area (Å²) in [6, 6.07) is 12.4. The van der Waals surface area contributed by atoms with Gasteiger partial charge in [-0.1, -0.05) is 35.3 Å². The summed E-state index contributed by atoms with van der Waals surface area (Å²) in [5.41, 5.74) is 1.39. The zero-order chi connectivity index (χ0) is 19.9. The van der Waals surface area contributed by atoms with E-state index < -0.39 is 5.66 Å². The number of carbonyl (C=O) groups is 2. The minimum atomic E-state index is -0.513. The summed E-state index contributed by atoms with van der Waals surface area (Å²) >= 11 is 12.3. The molecule has 0 bridgehead atoms. The number of piperidine rings is 1. The second-order valence-electron chi connectivity index (χ2n) is 7.17. The molecule has 5 nitrogen and oxygen atoms in total. The Morgan fingerprint density at radius 2 is 1.86 bits per heavy atom. The predicted molar refractivity (Wildman–Crippen MR) is 111 cm³/mol. The van der Waals surface area contributed by atoms with Crippen molar-refractivity contribution in [1.82, 2.24) is 9.80 Å². The van der Waals surface area contributed by atoms with Crippen molar-refractivity contribution in [1.29, 1.82) is 0 Å². The second kappa shape index (κ2) is 7.30. The quantitative estimate of drug-likeness (QED) is 0.781. The molecule has 2 aromatic carbocycles. The van der Waals surface area contributed by atoms with E-state index in [0.717, 1.165) is 5.69 Å². The Morgan fingerprint density at radius 1 is 1.14 bits per heavy atom. The van der Waals surface area contributed by atoms with E-state index >= 15 is 0 Å². The molecule has 2 heterocycles. The van der Waals surface area contributed by atoms with Gasteiger partial charge in [-0.15, -0.1) is 0 Å². The number of carbonyl (C=O) groups excluding carboxylic acids is 2. The summed E-state index contributed by atoms with van der Waals surface area (Å²) in [7, 11) is 0. The molecule has 1 N–H and O–H groups in total. The topological polar surface area (TPSA) is 52.7 Å². The highest BCUT2D eigenvalue weighted by Crippen LogP contribution is 2.39. The Labute approximate surface area is 174 Å². The predicted octanol–water partition coefficient (Wildman–Crippen LogP) is 4.51. The number of hydrogen-bond acceptors (Lipinski definition) is 3. The fourth-order valence-electron chi connectivity index (χ4n) is 4.19. The third-order valence-corrected chi connectivity index (χ3v) is 6.20. The molecular weight excluding hydrogens is 397 g/mol. The van der Waals surface area contributed by atoms with E-state index in [2.05, 4.69) is 5.32 Å². The van der Waals surface area contributed by atoms with E-state index in [1.165, 1.54) is 0 Å². The van der Waals surface area contributed by atoms with Gasteiger partial charge >= 0.3 is 0 Å². The molecule has 0 aromatic heterocycles. The number of hydrogen-bond donors (Lipinski definition) is 1. The van der Waals surface area contributed by atoms with Gasteiger partial charge in [-0.2, -0.15) is 0 Å². The monoisotopic (exact) mass is 417 g/mol. The maximum Gasteiger partial charge on any atom is 0.257 e. The summed E-state index contributed by atoms with van der Waals surface area (Å²) in [5.74, 6) is -0.0760. The average Bonchev–Trinajstić information content (AvgIpc) is 2.68. The van der Waals surface area contributed by atoms with Gasteiger partial charge in [0.15, 0.2) is 0 Å². The molecule has 0 radical (unpaired) electrons. The summed E-state index contributed by atoms with van der Waals surface area (Å²) in [5, 5.41) is 4.60. The molecule has 2 aromatic rings. The molecule has 0 atom stereocenters. The Morgan fingerprint density at radius 3 is 2.54 bits per heavy atom. The number of nitrogens with one attached hydrogen (secondary N) is 1. The van der Waals surface area contributed by atoms with Crippen molar-refractivity contribution in [2.45, 2.75) is 25.4 Å². The highest BCUT2D eigenvalue weighted by molar-refractivity contribution is 6.33. The first-order valence-corrected chi connectivity index (χ1v) is 10.1. The molecule has 1 fully saturated rings. The fraction of sp³-hybridized carbons (Fsp3) is 0.333. The van der Waals surface area contributed by atoms with E-state index in [0.29, 0.717) is 53.6 Å². The van der Waals surface area contributed by atoms with Gasteiger partial charge in [0.05, 0.1) is 21.8 Å². The number of benzene rings is 2. The number of fused-ring (bicyclic) bond motifs is 1. The molecule has 2 amide bonds. The Hall–Kier alpha value is -2.24. The molecule has 1 saturated heterocycles. The van der Waals surface area contributed by atoms with Crippen molar-refractivity contribution < 1.29 is 9.59 Å². The number of rotatable bonds is 2. The lowest BCUT2D eigenvalue weighted by Crippen LogP contribution is -2.64. The van der Waals surface area contributed by atoms with Crippen LogP contribution in [0.3, 0.4) is 0 Å². The van der Waals surface area contributed by atoms with Crippen LogP contribution in [-0.2, 0) is 0 Å². The standard InChI is InChI=1S/C21H21Cl2N3O2/c1-2-26-20(28)16-8-7-14(22)13-18(16)24-21(26)9-11-25(12-10-21)19(27)15-5-3-4-6-17(15)23/h3-8,13,24H,2,9-12H2,1H3. The number of anilines is 1. The van der Waals surface area contributed by atoms with Crippen molar-refractivity contribution >= 4 is 40.7 Å². The van der Waals surface area contributed by atoms with Crippen molar-refractivity contribution in [2.24, 2.45) is 0 Å². The number of amides is 2. The first-order chi connectivity index (χ1) is 13.4. The second-order valence-corrected chi connectivity index (χ2v) is 8.01. The van der Waals surface area contributed by atoms with Crippen LogP contribution in [-0.4, -0.2) is 46.9 Å². The molecular formula is C21H21Cl2N3O2. The van der Waals surface area contributed by atoms with E-state index in [4.69, 9.17) is 23.2 Å². The SMILES string of the molecule is CCN1C(=O)c2ccc(Cl)cc2NC12CCN(C(=O)c1ccccc1Cl)CC2. The molecule has 28 heavy (non-hydrogen) atoms. The molecule has 0 aliphatic carbocycles. The van der Waals surface area contributed by atoms with Crippen molar-refractivity contribution in [3.05, 3.63) is 63.6 Å². The molecule has 146 valence electrons. The normalized spacial score (nSPS) is 18.0. The summed E-state index contributed by atoms with van der Waals surface area (Å²) in [6.07, 6.45) is 1.27. The van der Waals surface area contributed by atoms with Crippen LogP contribution in [0, 0.1) is 0 Å². The van der Waals surface area contributed by atoms with Crippen molar-refractivity contribution in [3.8, 4) is 0 Å². The third kappa shape index (κ3) is 3.12. The van der Waals surface area contributed by atoms with Gasteiger partial charge in [0, 0.05) is 37.5 Å². The van der Waals surface area contributed by atoms with Gasteiger partial charge in [-0.05, 0) is 37.3 Å². The van der Waals surface area contributed by atoms with Gasteiger partial charge in [-0.25, -0.2) is 0 Å². The Bertz CT molecular complexity index is 939. The molecule has 0 saturated carbocycles. The van der Waals surface area contributed by atoms with Crippen LogP contribution >= 0.6 is 23.2 Å². The molecule has 2 aliphatic rings. The minimum absolute atomic E-state index is 0.00111. The van der Waals surface area contributed by atoms with E-state index in [9.17, 15) is 9.59 Å². The number of likely N-dealkylation sites (tertiary alicyclic amines) is 1. The largest absolute Gasteiger partial charge is 0.362 e. The maximum atomic E-state index is 13.1. The van der Waals surface area contributed by atoms with Crippen LogP contribution in [0.2, 0.25) is 10.0 Å². The zero-order valence-corrected chi connectivity index (χ0v) is 17.1. The highest BCUT2D eigenvalue weighted by atomic mass is 35.5. The lowest BCUT2D eigenvalue weighted by molar-refractivity contribution is 0.0278. The molecule has 1 spiro atoms. The van der Waals surface area contributed by atoms with Gasteiger partial charge in [0.25, 0.3) is 11.8 Å². The summed E-state index contributed by atoms with van der Waals surface area (Å²) < 4.78 is 0. The Kier molecular flexibility index (Phi) is 4.98. The van der Waals surface area contributed by atoms with E-state index in [1.807, 2.05) is 24.0 Å². The van der Waals surface area contributed by atoms with E-state index in [1.54, 1.807) is 35.2 Å². The van der Waals surface area contributed by atoms with Crippen LogP contribution < -0.4 is 5.32 Å².